The summed E-state index contributed by atoms with van der Waals surface area (Å²) >= 11 is 6.10. The normalized spacial score (nSPS) is 10.4. The molecular formula is C18H10ClF2N3. The SMILES string of the molecule is N#Cc1c(-c2c(F)cccc2Cl)cc(-c2ccc(F)cc2)nc1N. The third-order valence-electron chi connectivity index (χ3n) is 3.53. The molecule has 3 rings (SSSR count). The number of nitrogen functional groups attached to an aromatic ring is 1. The van der Waals surface area contributed by atoms with E-state index in [-0.39, 0.29) is 27.5 Å². The Hall–Kier alpha value is -2.97. The second-order valence-corrected chi connectivity index (χ2v) is 5.44. The third-order valence-corrected chi connectivity index (χ3v) is 3.85. The minimum atomic E-state index is -0.574. The van der Waals surface area contributed by atoms with Crippen molar-refractivity contribution in [3.05, 3.63) is 70.8 Å². The molecule has 6 heteroatoms. The monoisotopic (exact) mass is 341 g/mol. The van der Waals surface area contributed by atoms with Crippen LogP contribution in [-0.4, -0.2) is 4.98 Å². The van der Waals surface area contributed by atoms with Gasteiger partial charge in [0.25, 0.3) is 0 Å². The van der Waals surface area contributed by atoms with Crippen molar-refractivity contribution in [2.24, 2.45) is 0 Å². The lowest BCUT2D eigenvalue weighted by Gasteiger charge is -2.12. The summed E-state index contributed by atoms with van der Waals surface area (Å²) in [6, 6.07) is 13.3. The van der Waals surface area contributed by atoms with Gasteiger partial charge in [-0.2, -0.15) is 5.26 Å². The molecule has 0 radical (unpaired) electrons. The van der Waals surface area contributed by atoms with Gasteiger partial charge >= 0.3 is 0 Å². The van der Waals surface area contributed by atoms with Crippen molar-refractivity contribution >= 4 is 17.4 Å². The molecule has 0 unspecified atom stereocenters. The van der Waals surface area contributed by atoms with E-state index in [1.54, 1.807) is 0 Å². The lowest BCUT2D eigenvalue weighted by Crippen LogP contribution is -2.01. The van der Waals surface area contributed by atoms with Crippen LogP contribution in [0.2, 0.25) is 5.02 Å². The zero-order chi connectivity index (χ0) is 17.3. The highest BCUT2D eigenvalue weighted by Gasteiger charge is 2.18. The van der Waals surface area contributed by atoms with Crippen LogP contribution in [0.3, 0.4) is 0 Å². The first kappa shape index (κ1) is 15.9. The second kappa shape index (κ2) is 6.26. The first-order valence-corrected chi connectivity index (χ1v) is 7.30. The number of rotatable bonds is 2. The van der Waals surface area contributed by atoms with E-state index in [1.807, 2.05) is 6.07 Å². The molecule has 24 heavy (non-hydrogen) atoms. The summed E-state index contributed by atoms with van der Waals surface area (Å²) in [6.07, 6.45) is 0. The van der Waals surface area contributed by atoms with Crippen LogP contribution in [-0.2, 0) is 0 Å². The molecule has 2 N–H and O–H groups in total. The van der Waals surface area contributed by atoms with Gasteiger partial charge in [0.05, 0.1) is 10.7 Å². The van der Waals surface area contributed by atoms with Crippen LogP contribution in [0.15, 0.2) is 48.5 Å². The Morgan fingerprint density at radius 3 is 2.42 bits per heavy atom. The zero-order valence-corrected chi connectivity index (χ0v) is 13.0. The van der Waals surface area contributed by atoms with Crippen LogP contribution in [0.25, 0.3) is 22.4 Å². The number of hydrogen-bond acceptors (Lipinski definition) is 3. The summed E-state index contributed by atoms with van der Waals surface area (Å²) in [5.74, 6) is -1.01. The number of anilines is 1. The maximum Gasteiger partial charge on any atom is 0.142 e. The molecule has 0 spiro atoms. The Kier molecular flexibility index (Phi) is 4.15. The summed E-state index contributed by atoms with van der Waals surface area (Å²) in [6.45, 7) is 0. The Morgan fingerprint density at radius 2 is 1.79 bits per heavy atom. The number of aromatic nitrogens is 1. The summed E-state index contributed by atoms with van der Waals surface area (Å²) in [4.78, 5) is 4.16. The Bertz CT molecular complexity index is 943. The number of hydrogen-bond donors (Lipinski definition) is 1. The molecule has 3 nitrogen and oxygen atoms in total. The van der Waals surface area contributed by atoms with Crippen LogP contribution >= 0.6 is 11.6 Å². The number of nitrogens with two attached hydrogens (primary N) is 1. The van der Waals surface area contributed by atoms with Crippen molar-refractivity contribution in [1.29, 1.82) is 5.26 Å². The molecule has 0 aliphatic heterocycles. The van der Waals surface area contributed by atoms with E-state index >= 15 is 0 Å². The Labute approximate surface area is 141 Å². The van der Waals surface area contributed by atoms with E-state index in [1.165, 1.54) is 48.5 Å². The van der Waals surface area contributed by atoms with Gasteiger partial charge < -0.3 is 5.73 Å². The minimum absolute atomic E-state index is 0.0351. The van der Waals surface area contributed by atoms with Crippen molar-refractivity contribution in [2.75, 3.05) is 5.73 Å². The van der Waals surface area contributed by atoms with Crippen molar-refractivity contribution in [3.8, 4) is 28.5 Å². The molecule has 0 saturated carbocycles. The Balaban J connectivity index is 2.29. The fraction of sp³-hybridized carbons (Fsp3) is 0. The van der Waals surface area contributed by atoms with Crippen molar-refractivity contribution in [3.63, 3.8) is 0 Å². The zero-order valence-electron chi connectivity index (χ0n) is 12.2. The van der Waals surface area contributed by atoms with Gasteiger partial charge in [0.15, 0.2) is 0 Å². The maximum absolute atomic E-state index is 14.3. The second-order valence-electron chi connectivity index (χ2n) is 5.03. The molecule has 0 bridgehead atoms. The van der Waals surface area contributed by atoms with Crippen LogP contribution < -0.4 is 5.73 Å². The summed E-state index contributed by atoms with van der Waals surface area (Å²) in [5, 5.41) is 9.51. The number of pyridine rings is 1. The van der Waals surface area contributed by atoms with E-state index in [0.29, 0.717) is 11.3 Å². The fourth-order valence-corrected chi connectivity index (χ4v) is 2.67. The van der Waals surface area contributed by atoms with Crippen molar-refractivity contribution in [1.82, 2.24) is 4.98 Å². The molecule has 3 aromatic rings. The largest absolute Gasteiger partial charge is 0.383 e. The fourth-order valence-electron chi connectivity index (χ4n) is 2.40. The summed E-state index contributed by atoms with van der Waals surface area (Å²) in [7, 11) is 0. The van der Waals surface area contributed by atoms with Crippen molar-refractivity contribution in [2.45, 2.75) is 0 Å². The molecule has 0 amide bonds. The third kappa shape index (κ3) is 2.80. The van der Waals surface area contributed by atoms with E-state index in [2.05, 4.69) is 4.98 Å². The average molecular weight is 342 g/mol. The lowest BCUT2D eigenvalue weighted by atomic mass is 9.98. The van der Waals surface area contributed by atoms with Gasteiger partial charge in [0.1, 0.15) is 29.1 Å². The highest BCUT2D eigenvalue weighted by atomic mass is 35.5. The molecular weight excluding hydrogens is 332 g/mol. The van der Waals surface area contributed by atoms with E-state index in [0.717, 1.165) is 0 Å². The molecule has 1 heterocycles. The van der Waals surface area contributed by atoms with Crippen LogP contribution in [0, 0.1) is 23.0 Å². The standard InChI is InChI=1S/C18H10ClF2N3/c19-14-2-1-3-15(21)17(14)12-8-16(24-18(23)13(12)9-22)10-4-6-11(20)7-5-10/h1-8H,(H2,23,24). The molecule has 0 fully saturated rings. The quantitative estimate of drug-likeness (QED) is 0.728. The highest BCUT2D eigenvalue weighted by molar-refractivity contribution is 6.33. The summed E-state index contributed by atoms with van der Waals surface area (Å²) < 4.78 is 27.4. The van der Waals surface area contributed by atoms with Gasteiger partial charge in [0, 0.05) is 16.7 Å². The molecule has 0 aliphatic rings. The van der Waals surface area contributed by atoms with Crippen LogP contribution in [0.4, 0.5) is 14.6 Å². The first-order chi connectivity index (χ1) is 11.5. The highest BCUT2D eigenvalue weighted by Crippen LogP contribution is 2.36. The summed E-state index contributed by atoms with van der Waals surface area (Å²) in [5.41, 5.74) is 7.19. The minimum Gasteiger partial charge on any atom is -0.383 e. The van der Waals surface area contributed by atoms with Crippen LogP contribution in [0.1, 0.15) is 5.56 Å². The van der Waals surface area contributed by atoms with Gasteiger partial charge in [-0.25, -0.2) is 13.8 Å². The predicted molar refractivity (Wildman–Crippen MR) is 89.2 cm³/mol. The first-order valence-electron chi connectivity index (χ1n) is 6.92. The topological polar surface area (TPSA) is 62.7 Å². The van der Waals surface area contributed by atoms with Gasteiger partial charge in [-0.3, -0.25) is 0 Å². The van der Waals surface area contributed by atoms with E-state index < -0.39 is 11.6 Å². The molecule has 2 aromatic carbocycles. The van der Waals surface area contributed by atoms with Crippen LogP contribution in [0.5, 0.6) is 0 Å². The van der Waals surface area contributed by atoms with Crippen molar-refractivity contribution < 1.29 is 8.78 Å². The van der Waals surface area contributed by atoms with Gasteiger partial charge in [-0.15, -0.1) is 0 Å². The lowest BCUT2D eigenvalue weighted by molar-refractivity contribution is 0.628. The number of nitriles is 1. The van der Waals surface area contributed by atoms with Gasteiger partial charge in [-0.05, 0) is 42.5 Å². The number of halogens is 3. The van der Waals surface area contributed by atoms with E-state index in [4.69, 9.17) is 17.3 Å². The smallest absolute Gasteiger partial charge is 0.142 e. The van der Waals surface area contributed by atoms with Gasteiger partial charge in [0.2, 0.25) is 0 Å². The van der Waals surface area contributed by atoms with E-state index in [9.17, 15) is 14.0 Å². The molecule has 0 saturated heterocycles. The Morgan fingerprint density at radius 1 is 1.08 bits per heavy atom. The maximum atomic E-state index is 14.3. The number of nitrogens with zero attached hydrogens (tertiary/aromatic N) is 2. The molecule has 118 valence electrons. The molecule has 0 aliphatic carbocycles. The number of benzene rings is 2. The molecule has 0 atom stereocenters. The molecule has 1 aromatic heterocycles. The average Bonchev–Trinajstić information content (AvgIpc) is 2.55. The predicted octanol–water partition coefficient (Wildman–Crippen LogP) is 4.80. The van der Waals surface area contributed by atoms with Gasteiger partial charge in [-0.1, -0.05) is 17.7 Å².